The van der Waals surface area contributed by atoms with Crippen molar-refractivity contribution in [3.63, 3.8) is 0 Å². The van der Waals surface area contributed by atoms with Gasteiger partial charge in [-0.2, -0.15) is 0 Å². The summed E-state index contributed by atoms with van der Waals surface area (Å²) in [5.74, 6) is 0. The van der Waals surface area contributed by atoms with Gasteiger partial charge in [0.25, 0.3) is 0 Å². The number of rotatable bonds is 5. The fraction of sp³-hybridized carbons (Fsp3) is 0.308. The summed E-state index contributed by atoms with van der Waals surface area (Å²) in [7, 11) is 0. The molecule has 1 aromatic carbocycles. The number of nitrogens with one attached hydrogen (secondary N) is 1. The number of benzene rings is 1. The lowest BCUT2D eigenvalue weighted by Crippen LogP contribution is -2.06. The SMILES string of the molecule is Cc1cc(NCCCn2ccnc2)ccc1N. The zero-order valence-corrected chi connectivity index (χ0v) is 10.1. The molecule has 0 spiro atoms. The molecule has 0 amide bonds. The van der Waals surface area contributed by atoms with Gasteiger partial charge in [-0.25, -0.2) is 4.98 Å². The molecule has 0 aliphatic heterocycles. The topological polar surface area (TPSA) is 55.9 Å². The molecule has 4 nitrogen and oxygen atoms in total. The first kappa shape index (κ1) is 11.5. The molecule has 0 radical (unpaired) electrons. The van der Waals surface area contributed by atoms with E-state index in [1.54, 1.807) is 6.20 Å². The number of nitrogens with two attached hydrogens (primary N) is 1. The van der Waals surface area contributed by atoms with Crippen LogP contribution in [0.15, 0.2) is 36.9 Å². The number of imidazole rings is 1. The Kier molecular flexibility index (Phi) is 3.65. The molecule has 3 N–H and O–H groups in total. The molecule has 0 saturated carbocycles. The maximum Gasteiger partial charge on any atom is 0.0945 e. The summed E-state index contributed by atoms with van der Waals surface area (Å²) in [6, 6.07) is 6.03. The molecule has 17 heavy (non-hydrogen) atoms. The highest BCUT2D eigenvalue weighted by Gasteiger charge is 1.96. The van der Waals surface area contributed by atoms with Crippen molar-refractivity contribution < 1.29 is 0 Å². The Bertz CT molecular complexity index is 462. The second-order valence-corrected chi connectivity index (χ2v) is 4.15. The van der Waals surface area contributed by atoms with Crippen molar-refractivity contribution in [2.24, 2.45) is 0 Å². The highest BCUT2D eigenvalue weighted by molar-refractivity contribution is 5.56. The lowest BCUT2D eigenvalue weighted by atomic mass is 10.2. The first-order valence-corrected chi connectivity index (χ1v) is 5.81. The van der Waals surface area contributed by atoms with Gasteiger partial charge in [0.05, 0.1) is 6.33 Å². The van der Waals surface area contributed by atoms with E-state index >= 15 is 0 Å². The molecule has 2 rings (SSSR count). The largest absolute Gasteiger partial charge is 0.399 e. The van der Waals surface area contributed by atoms with E-state index < -0.39 is 0 Å². The van der Waals surface area contributed by atoms with Gasteiger partial charge in [0.2, 0.25) is 0 Å². The van der Waals surface area contributed by atoms with Crippen molar-refractivity contribution in [2.45, 2.75) is 19.9 Å². The van der Waals surface area contributed by atoms with Crippen LogP contribution in [0.4, 0.5) is 11.4 Å². The van der Waals surface area contributed by atoms with Crippen molar-refractivity contribution in [2.75, 3.05) is 17.6 Å². The van der Waals surface area contributed by atoms with E-state index in [1.807, 2.05) is 31.6 Å². The molecular weight excluding hydrogens is 212 g/mol. The van der Waals surface area contributed by atoms with Gasteiger partial charge < -0.3 is 15.6 Å². The number of hydrogen-bond acceptors (Lipinski definition) is 3. The van der Waals surface area contributed by atoms with Gasteiger partial charge in [0.1, 0.15) is 0 Å². The van der Waals surface area contributed by atoms with Crippen LogP contribution in [0.2, 0.25) is 0 Å². The fourth-order valence-corrected chi connectivity index (χ4v) is 1.70. The maximum absolute atomic E-state index is 5.77. The van der Waals surface area contributed by atoms with Crippen LogP contribution in [0, 0.1) is 6.92 Å². The first-order chi connectivity index (χ1) is 8.25. The van der Waals surface area contributed by atoms with Gasteiger partial charge in [-0.1, -0.05) is 0 Å². The van der Waals surface area contributed by atoms with E-state index in [0.29, 0.717) is 0 Å². The Balaban J connectivity index is 1.76. The minimum atomic E-state index is 0.842. The Labute approximate surface area is 101 Å². The summed E-state index contributed by atoms with van der Waals surface area (Å²) < 4.78 is 2.08. The fourth-order valence-electron chi connectivity index (χ4n) is 1.70. The Morgan fingerprint density at radius 1 is 1.41 bits per heavy atom. The van der Waals surface area contributed by atoms with E-state index in [4.69, 9.17) is 5.73 Å². The van der Waals surface area contributed by atoms with Crippen LogP contribution < -0.4 is 11.1 Å². The highest BCUT2D eigenvalue weighted by Crippen LogP contribution is 2.16. The number of aryl methyl sites for hydroxylation is 2. The molecule has 0 aliphatic carbocycles. The molecule has 0 fully saturated rings. The predicted octanol–water partition coefficient (Wildman–Crippen LogP) is 2.28. The number of aromatic nitrogens is 2. The van der Waals surface area contributed by atoms with Gasteiger partial charge >= 0.3 is 0 Å². The third kappa shape index (κ3) is 3.24. The summed E-state index contributed by atoms with van der Waals surface area (Å²) in [5, 5.41) is 3.39. The number of nitrogens with zero attached hydrogens (tertiary/aromatic N) is 2. The van der Waals surface area contributed by atoms with Crippen LogP contribution in [0.25, 0.3) is 0 Å². The zero-order valence-electron chi connectivity index (χ0n) is 10.1. The minimum absolute atomic E-state index is 0.842. The maximum atomic E-state index is 5.77. The lowest BCUT2D eigenvalue weighted by molar-refractivity contribution is 0.661. The van der Waals surface area contributed by atoms with Crippen LogP contribution in [0.1, 0.15) is 12.0 Å². The molecule has 2 aromatic rings. The normalized spacial score (nSPS) is 10.4. The van der Waals surface area contributed by atoms with Gasteiger partial charge in [-0.3, -0.25) is 0 Å². The Hall–Kier alpha value is -1.97. The van der Waals surface area contributed by atoms with E-state index in [1.165, 1.54) is 0 Å². The summed E-state index contributed by atoms with van der Waals surface area (Å²) in [6.07, 6.45) is 6.69. The van der Waals surface area contributed by atoms with Gasteiger partial charge in [-0.05, 0) is 37.1 Å². The summed E-state index contributed by atoms with van der Waals surface area (Å²) in [5.41, 5.74) is 8.85. The molecule has 0 atom stereocenters. The van der Waals surface area contributed by atoms with E-state index in [2.05, 4.69) is 20.9 Å². The molecule has 1 aromatic heterocycles. The molecular formula is C13H18N4. The van der Waals surface area contributed by atoms with Crippen LogP contribution in [0.5, 0.6) is 0 Å². The second kappa shape index (κ2) is 5.39. The number of hydrogen-bond donors (Lipinski definition) is 2. The van der Waals surface area contributed by atoms with Crippen molar-refractivity contribution in [1.82, 2.24) is 9.55 Å². The average Bonchev–Trinajstić information content (AvgIpc) is 2.82. The summed E-state index contributed by atoms with van der Waals surface area (Å²) in [4.78, 5) is 4.01. The average molecular weight is 230 g/mol. The van der Waals surface area contributed by atoms with Crippen molar-refractivity contribution in [1.29, 1.82) is 0 Å². The molecule has 0 bridgehead atoms. The third-order valence-corrected chi connectivity index (χ3v) is 2.75. The second-order valence-electron chi connectivity index (χ2n) is 4.15. The van der Waals surface area contributed by atoms with Crippen LogP contribution in [-0.2, 0) is 6.54 Å². The van der Waals surface area contributed by atoms with Crippen molar-refractivity contribution in [3.8, 4) is 0 Å². The molecule has 4 heteroatoms. The third-order valence-electron chi connectivity index (χ3n) is 2.75. The van der Waals surface area contributed by atoms with Crippen molar-refractivity contribution >= 4 is 11.4 Å². The Morgan fingerprint density at radius 3 is 3.00 bits per heavy atom. The van der Waals surface area contributed by atoms with Crippen LogP contribution in [0.3, 0.4) is 0 Å². The summed E-state index contributed by atoms with van der Waals surface area (Å²) >= 11 is 0. The van der Waals surface area contributed by atoms with E-state index in [9.17, 15) is 0 Å². The van der Waals surface area contributed by atoms with Crippen LogP contribution >= 0.6 is 0 Å². The van der Waals surface area contributed by atoms with E-state index in [0.717, 1.165) is 36.4 Å². The molecule has 0 unspecified atom stereocenters. The number of anilines is 2. The molecule has 90 valence electrons. The van der Waals surface area contributed by atoms with Gasteiger partial charge in [0.15, 0.2) is 0 Å². The van der Waals surface area contributed by atoms with Gasteiger partial charge in [0, 0.05) is 36.9 Å². The van der Waals surface area contributed by atoms with E-state index in [-0.39, 0.29) is 0 Å². The molecule has 0 aliphatic rings. The minimum Gasteiger partial charge on any atom is -0.399 e. The first-order valence-electron chi connectivity index (χ1n) is 5.81. The quantitative estimate of drug-likeness (QED) is 0.612. The molecule has 0 saturated heterocycles. The smallest absolute Gasteiger partial charge is 0.0945 e. The van der Waals surface area contributed by atoms with Gasteiger partial charge in [-0.15, -0.1) is 0 Å². The summed E-state index contributed by atoms with van der Waals surface area (Å²) in [6.45, 7) is 3.95. The Morgan fingerprint density at radius 2 is 2.29 bits per heavy atom. The predicted molar refractivity (Wildman–Crippen MR) is 70.9 cm³/mol. The number of nitrogen functional groups attached to an aromatic ring is 1. The standard InChI is InChI=1S/C13H18N4/c1-11-9-12(3-4-13(11)14)16-5-2-7-17-8-6-15-10-17/h3-4,6,8-10,16H,2,5,7,14H2,1H3. The van der Waals surface area contributed by atoms with Crippen molar-refractivity contribution in [3.05, 3.63) is 42.5 Å². The zero-order chi connectivity index (χ0) is 12.1. The monoisotopic (exact) mass is 230 g/mol. The highest BCUT2D eigenvalue weighted by atomic mass is 15.0. The molecule has 1 heterocycles. The lowest BCUT2D eigenvalue weighted by Gasteiger charge is -2.08. The van der Waals surface area contributed by atoms with Crippen LogP contribution in [-0.4, -0.2) is 16.1 Å².